The Morgan fingerprint density at radius 1 is 1.08 bits per heavy atom. The summed E-state index contributed by atoms with van der Waals surface area (Å²) in [6.45, 7) is 2.73. The van der Waals surface area contributed by atoms with E-state index in [1.807, 2.05) is 65.7 Å². The van der Waals surface area contributed by atoms with Crippen LogP contribution >= 0.6 is 0 Å². The molecule has 5 heteroatoms. The molecule has 2 aromatic carbocycles. The van der Waals surface area contributed by atoms with Gasteiger partial charge < -0.3 is 4.90 Å². The highest BCUT2D eigenvalue weighted by atomic mass is 16.2. The van der Waals surface area contributed by atoms with Crippen molar-refractivity contribution in [3.05, 3.63) is 66.2 Å². The molecule has 3 rings (SSSR count). The number of hydrazine groups is 1. The second kappa shape index (κ2) is 7.83. The minimum absolute atomic E-state index is 0.0491. The summed E-state index contributed by atoms with van der Waals surface area (Å²) >= 11 is 0. The first-order valence-corrected chi connectivity index (χ1v) is 8.59. The number of hydrogen-bond acceptors (Lipinski definition) is 3. The molecule has 1 aliphatic rings. The van der Waals surface area contributed by atoms with E-state index in [0.29, 0.717) is 19.5 Å². The number of hydrogen-bond donors (Lipinski definition) is 1. The van der Waals surface area contributed by atoms with Crippen LogP contribution in [0.15, 0.2) is 60.7 Å². The minimum Gasteiger partial charge on any atom is -0.331 e. The largest absolute Gasteiger partial charge is 0.331 e. The molecule has 2 amide bonds. The Morgan fingerprint density at radius 3 is 2.36 bits per heavy atom. The molecule has 130 valence electrons. The van der Waals surface area contributed by atoms with Crippen LogP contribution in [0.3, 0.4) is 0 Å². The molecule has 2 aromatic rings. The van der Waals surface area contributed by atoms with Gasteiger partial charge in [0.05, 0.1) is 12.2 Å². The molecular formula is C20H23N3O2. The number of carbonyl (C=O) groups excluding carboxylic acids is 2. The number of benzene rings is 2. The molecule has 1 atom stereocenters. The molecule has 1 N–H and O–H groups in total. The average Bonchev–Trinajstić information content (AvgIpc) is 3.13. The molecule has 1 aliphatic heterocycles. The van der Waals surface area contributed by atoms with E-state index >= 15 is 0 Å². The van der Waals surface area contributed by atoms with Gasteiger partial charge in [-0.2, -0.15) is 0 Å². The highest BCUT2D eigenvalue weighted by molar-refractivity contribution is 5.88. The Kier molecular flexibility index (Phi) is 5.33. The van der Waals surface area contributed by atoms with Gasteiger partial charge in [-0.3, -0.25) is 20.0 Å². The van der Waals surface area contributed by atoms with Crippen LogP contribution < -0.4 is 10.4 Å². The number of nitrogens with zero attached hydrogens (tertiary/aromatic N) is 2. The molecule has 25 heavy (non-hydrogen) atoms. The summed E-state index contributed by atoms with van der Waals surface area (Å²) in [5.74, 6) is -0.181. The summed E-state index contributed by atoms with van der Waals surface area (Å²) in [6.07, 6.45) is 1.57. The Morgan fingerprint density at radius 2 is 1.72 bits per heavy atom. The quantitative estimate of drug-likeness (QED) is 0.854. The van der Waals surface area contributed by atoms with Gasteiger partial charge in [-0.25, -0.2) is 0 Å². The van der Waals surface area contributed by atoms with Gasteiger partial charge in [0.1, 0.15) is 6.04 Å². The van der Waals surface area contributed by atoms with Gasteiger partial charge in [-0.1, -0.05) is 48.5 Å². The predicted octanol–water partition coefficient (Wildman–Crippen LogP) is 2.74. The maximum atomic E-state index is 12.8. The van der Waals surface area contributed by atoms with Crippen molar-refractivity contribution in [2.24, 2.45) is 0 Å². The van der Waals surface area contributed by atoms with Crippen molar-refractivity contribution in [1.82, 2.24) is 10.3 Å². The third-order valence-corrected chi connectivity index (χ3v) is 4.46. The normalized spacial score (nSPS) is 16.5. The van der Waals surface area contributed by atoms with Gasteiger partial charge >= 0.3 is 0 Å². The lowest BCUT2D eigenvalue weighted by Gasteiger charge is -2.29. The van der Waals surface area contributed by atoms with Crippen molar-refractivity contribution < 1.29 is 9.59 Å². The van der Waals surface area contributed by atoms with Crippen molar-refractivity contribution in [3.63, 3.8) is 0 Å². The Bertz CT molecular complexity index is 718. The van der Waals surface area contributed by atoms with Crippen molar-refractivity contribution in [2.45, 2.75) is 32.4 Å². The van der Waals surface area contributed by atoms with Gasteiger partial charge in [-0.05, 0) is 30.5 Å². The summed E-state index contributed by atoms with van der Waals surface area (Å²) in [5, 5.41) is 1.84. The van der Waals surface area contributed by atoms with Crippen molar-refractivity contribution in [1.29, 1.82) is 0 Å². The van der Waals surface area contributed by atoms with Gasteiger partial charge in [-0.15, -0.1) is 0 Å². The second-order valence-corrected chi connectivity index (χ2v) is 6.25. The SMILES string of the molecule is CC(=O)N1CCCC1C(=O)NN(Cc1ccccc1)c1ccccc1. The number of carbonyl (C=O) groups is 2. The van der Waals surface area contributed by atoms with Crippen LogP contribution in [0.4, 0.5) is 5.69 Å². The maximum absolute atomic E-state index is 12.8. The lowest BCUT2D eigenvalue weighted by molar-refractivity contribution is -0.136. The van der Waals surface area contributed by atoms with Crippen LogP contribution in [-0.2, 0) is 16.1 Å². The zero-order chi connectivity index (χ0) is 17.6. The summed E-state index contributed by atoms with van der Waals surface area (Å²) in [7, 11) is 0. The Hall–Kier alpha value is -2.82. The van der Waals surface area contributed by atoms with Crippen LogP contribution in [0.25, 0.3) is 0 Å². The number of para-hydroxylation sites is 1. The lowest BCUT2D eigenvalue weighted by atomic mass is 10.2. The number of nitrogens with one attached hydrogen (secondary N) is 1. The molecule has 0 spiro atoms. The average molecular weight is 337 g/mol. The maximum Gasteiger partial charge on any atom is 0.261 e. The first kappa shape index (κ1) is 17.0. The number of likely N-dealkylation sites (tertiary alicyclic amines) is 1. The van der Waals surface area contributed by atoms with Gasteiger partial charge in [0, 0.05) is 13.5 Å². The number of anilines is 1. The van der Waals surface area contributed by atoms with Crippen LogP contribution in [0, 0.1) is 0 Å². The molecule has 0 saturated carbocycles. The Balaban J connectivity index is 1.78. The fourth-order valence-corrected chi connectivity index (χ4v) is 3.19. The summed E-state index contributed by atoms with van der Waals surface area (Å²) in [6, 6.07) is 19.3. The van der Waals surface area contributed by atoms with E-state index in [-0.39, 0.29) is 17.9 Å². The molecule has 0 bridgehead atoms. The van der Waals surface area contributed by atoms with Crippen molar-refractivity contribution in [2.75, 3.05) is 11.6 Å². The smallest absolute Gasteiger partial charge is 0.261 e. The number of amides is 2. The molecule has 1 fully saturated rings. The molecule has 0 aromatic heterocycles. The standard InChI is InChI=1S/C20H23N3O2/c1-16(24)22-14-8-13-19(22)20(25)21-23(18-11-6-3-7-12-18)15-17-9-4-2-5-10-17/h2-7,9-12,19H,8,13-15H2,1H3,(H,21,25). The van der Waals surface area contributed by atoms with E-state index in [1.165, 1.54) is 6.92 Å². The highest BCUT2D eigenvalue weighted by Crippen LogP contribution is 2.19. The van der Waals surface area contributed by atoms with E-state index in [2.05, 4.69) is 5.43 Å². The molecule has 0 aliphatic carbocycles. The van der Waals surface area contributed by atoms with Crippen molar-refractivity contribution >= 4 is 17.5 Å². The summed E-state index contributed by atoms with van der Waals surface area (Å²) in [5.41, 5.74) is 5.02. The molecule has 1 heterocycles. The van der Waals surface area contributed by atoms with E-state index in [0.717, 1.165) is 17.7 Å². The van der Waals surface area contributed by atoms with Gasteiger partial charge in [0.15, 0.2) is 0 Å². The second-order valence-electron chi connectivity index (χ2n) is 6.25. The summed E-state index contributed by atoms with van der Waals surface area (Å²) in [4.78, 5) is 26.2. The van der Waals surface area contributed by atoms with Crippen LogP contribution in [0.2, 0.25) is 0 Å². The Labute approximate surface area is 148 Å². The van der Waals surface area contributed by atoms with E-state index < -0.39 is 0 Å². The van der Waals surface area contributed by atoms with Crippen molar-refractivity contribution in [3.8, 4) is 0 Å². The predicted molar refractivity (Wildman–Crippen MR) is 97.6 cm³/mol. The topological polar surface area (TPSA) is 52.7 Å². The first-order valence-electron chi connectivity index (χ1n) is 8.59. The fourth-order valence-electron chi connectivity index (χ4n) is 3.19. The van der Waals surface area contributed by atoms with Crippen LogP contribution in [0.5, 0.6) is 0 Å². The van der Waals surface area contributed by atoms with E-state index in [1.54, 1.807) is 4.90 Å². The van der Waals surface area contributed by atoms with E-state index in [4.69, 9.17) is 0 Å². The molecule has 0 radical (unpaired) electrons. The zero-order valence-electron chi connectivity index (χ0n) is 14.4. The minimum atomic E-state index is -0.389. The highest BCUT2D eigenvalue weighted by Gasteiger charge is 2.33. The van der Waals surface area contributed by atoms with Gasteiger partial charge in [0.25, 0.3) is 5.91 Å². The third kappa shape index (κ3) is 4.18. The number of rotatable bonds is 5. The molecule has 1 saturated heterocycles. The van der Waals surface area contributed by atoms with Gasteiger partial charge in [0.2, 0.25) is 5.91 Å². The monoisotopic (exact) mass is 337 g/mol. The molecule has 1 unspecified atom stereocenters. The van der Waals surface area contributed by atoms with Crippen LogP contribution in [0.1, 0.15) is 25.3 Å². The molecular weight excluding hydrogens is 314 g/mol. The first-order chi connectivity index (χ1) is 12.1. The zero-order valence-corrected chi connectivity index (χ0v) is 14.4. The molecule has 5 nitrogen and oxygen atoms in total. The fraction of sp³-hybridized carbons (Fsp3) is 0.300. The summed E-state index contributed by atoms with van der Waals surface area (Å²) < 4.78 is 0. The van der Waals surface area contributed by atoms with Crippen LogP contribution in [-0.4, -0.2) is 29.3 Å². The third-order valence-electron chi connectivity index (χ3n) is 4.46. The lowest BCUT2D eigenvalue weighted by Crippen LogP contribution is -2.51. The van der Waals surface area contributed by atoms with E-state index in [9.17, 15) is 9.59 Å².